The lowest BCUT2D eigenvalue weighted by atomic mass is 9.74. The van der Waals surface area contributed by atoms with E-state index in [2.05, 4.69) is 6.58 Å². The van der Waals surface area contributed by atoms with Gasteiger partial charge in [0.15, 0.2) is 0 Å². The Balaban J connectivity index is 0.823. The molecule has 8 aromatic carbocycles. The molecule has 1 saturated heterocycles. The number of esters is 1. The summed E-state index contributed by atoms with van der Waals surface area (Å²) in [6, 6.07) is 34.8. The molecule has 5 heterocycles. The van der Waals surface area contributed by atoms with Crippen molar-refractivity contribution in [3.63, 3.8) is 0 Å². The lowest BCUT2D eigenvalue weighted by Crippen LogP contribution is -2.41. The molecule has 13 rings (SSSR count). The predicted molar refractivity (Wildman–Crippen MR) is 319 cm³/mol. The number of carbonyl (C=O) groups is 9. The SMILES string of the molecule is C=C(C)C(=O)Oc1ccc(-c2cc(N3C(=O)c4ccc(C(C)(c5ccc6c(c5)C(=O)N(C)C6=O)C(F)(F)F)cc4C3=O)cc(N3C(=O)c4ccc(C(C)(c5ccc6c(c5)C(=O)N(c5ccc(Oc7ccc(CC8CO8)cc7)cc5)C6=O)C(F)(F)F)cc4C3=O)c2)cc1. The number of hydrogen-bond donors (Lipinski definition) is 0. The van der Waals surface area contributed by atoms with Crippen LogP contribution in [0.5, 0.6) is 17.2 Å². The van der Waals surface area contributed by atoms with Crippen LogP contribution in [-0.4, -0.2) is 90.2 Å². The zero-order valence-corrected chi connectivity index (χ0v) is 48.7. The van der Waals surface area contributed by atoms with Crippen molar-refractivity contribution in [3.05, 3.63) is 248 Å². The van der Waals surface area contributed by atoms with Gasteiger partial charge >= 0.3 is 18.3 Å². The molecule has 1 fully saturated rings. The third-order valence-corrected chi connectivity index (χ3v) is 17.5. The molecule has 22 heteroatoms. The number of carbonyl (C=O) groups excluding carboxylic acids is 9. The first-order valence-electron chi connectivity index (χ1n) is 28.4. The molecule has 5 aliphatic heterocycles. The number of ether oxygens (including phenoxy) is 3. The minimum Gasteiger partial charge on any atom is -0.457 e. The molecule has 16 nitrogen and oxygen atoms in total. The summed E-state index contributed by atoms with van der Waals surface area (Å²) in [5.41, 5.74) is -9.63. The van der Waals surface area contributed by atoms with Crippen molar-refractivity contribution in [1.29, 1.82) is 0 Å². The lowest BCUT2D eigenvalue weighted by molar-refractivity contribution is -0.173. The van der Waals surface area contributed by atoms with E-state index in [0.717, 1.165) is 114 Å². The van der Waals surface area contributed by atoms with Crippen LogP contribution in [0, 0.1) is 0 Å². The fourth-order valence-electron chi connectivity index (χ4n) is 11.9. The molecule has 0 saturated carbocycles. The Morgan fingerprint density at radius 3 is 1.20 bits per heavy atom. The van der Waals surface area contributed by atoms with Crippen LogP contribution >= 0.6 is 0 Å². The van der Waals surface area contributed by atoms with Crippen LogP contribution in [0.1, 0.15) is 131 Å². The number of imide groups is 4. The highest BCUT2D eigenvalue weighted by Crippen LogP contribution is 2.51. The van der Waals surface area contributed by atoms with Gasteiger partial charge in [0.05, 0.1) is 74.3 Å². The van der Waals surface area contributed by atoms with Crippen molar-refractivity contribution in [2.45, 2.75) is 56.5 Å². The van der Waals surface area contributed by atoms with Crippen LogP contribution < -0.4 is 24.2 Å². The molecular formula is C70H46F6N4O12. The van der Waals surface area contributed by atoms with E-state index in [9.17, 15) is 43.2 Å². The number of nitrogens with zero attached hydrogens (tertiary/aromatic N) is 4. The summed E-state index contributed by atoms with van der Waals surface area (Å²) in [6.07, 6.45) is -9.31. The monoisotopic (exact) mass is 1250 g/mol. The summed E-state index contributed by atoms with van der Waals surface area (Å²) >= 11 is 0. The highest BCUT2D eigenvalue weighted by atomic mass is 19.4. The summed E-state index contributed by atoms with van der Waals surface area (Å²) < 4.78 is 111. The maximum Gasteiger partial charge on any atom is 0.402 e. The summed E-state index contributed by atoms with van der Waals surface area (Å²) in [6.45, 7) is 7.33. The summed E-state index contributed by atoms with van der Waals surface area (Å²) in [7, 11) is 1.18. The highest BCUT2D eigenvalue weighted by Gasteiger charge is 2.57. The number of anilines is 3. The number of rotatable bonds is 14. The molecule has 8 aromatic rings. The Morgan fingerprint density at radius 1 is 0.457 bits per heavy atom. The quantitative estimate of drug-likeness (QED) is 0.0250. The minimum absolute atomic E-state index is 0.0574. The van der Waals surface area contributed by atoms with Crippen LogP contribution in [0.4, 0.5) is 43.4 Å². The first kappa shape index (κ1) is 59.8. The molecule has 3 unspecified atom stereocenters. The third-order valence-electron chi connectivity index (χ3n) is 17.5. The predicted octanol–water partition coefficient (Wildman–Crippen LogP) is 12.9. The van der Waals surface area contributed by atoms with Crippen molar-refractivity contribution < 1.29 is 83.7 Å². The largest absolute Gasteiger partial charge is 0.457 e. The molecule has 8 amide bonds. The normalized spacial score (nSPS) is 17.2. The Bertz CT molecular complexity index is 4650. The minimum atomic E-state index is -5.17. The van der Waals surface area contributed by atoms with Crippen LogP contribution in [0.25, 0.3) is 11.1 Å². The van der Waals surface area contributed by atoms with E-state index in [1.807, 2.05) is 12.1 Å². The van der Waals surface area contributed by atoms with Gasteiger partial charge in [-0.25, -0.2) is 19.5 Å². The standard InChI is InChI=1S/C70H46F6N4O12/c1-35(2)66(89)92-48-18-8-37(9-19-48)38-27-44(79-61(84)52-24-12-41(31-56(52)64(79)87)67(3,69(71,72)73)39-10-22-50-54(29-39)59(82)77(5)58(50)81)33-45(28-38)80-62(85)53-25-13-42(32-57(53)65(80)88)68(4,70(74,75)76)40-11-23-51-55(30-40)63(86)78(60(51)83)43-14-20-47(21-15-43)91-46-16-6-36(7-17-46)26-49-34-90-49/h6-25,27-33,49H,1,26,34H2,2-5H3. The van der Waals surface area contributed by atoms with Crippen LogP contribution in [0.3, 0.4) is 0 Å². The fourth-order valence-corrected chi connectivity index (χ4v) is 11.9. The van der Waals surface area contributed by atoms with E-state index in [0.29, 0.717) is 27.9 Å². The van der Waals surface area contributed by atoms with Gasteiger partial charge in [-0.3, -0.25) is 43.3 Å². The van der Waals surface area contributed by atoms with Crippen molar-refractivity contribution in [3.8, 4) is 28.4 Å². The molecule has 0 spiro atoms. The van der Waals surface area contributed by atoms with Gasteiger partial charge in [-0.05, 0) is 175 Å². The lowest BCUT2D eigenvalue weighted by Gasteiger charge is -2.33. The van der Waals surface area contributed by atoms with Crippen molar-refractivity contribution in [2.75, 3.05) is 28.4 Å². The smallest absolute Gasteiger partial charge is 0.402 e. The zero-order chi connectivity index (χ0) is 65.4. The number of benzene rings is 8. The Morgan fingerprint density at radius 2 is 0.804 bits per heavy atom. The van der Waals surface area contributed by atoms with Crippen LogP contribution in [-0.2, 0) is 26.8 Å². The third kappa shape index (κ3) is 9.54. The van der Waals surface area contributed by atoms with Crippen molar-refractivity contribution >= 4 is 70.3 Å². The molecular weight excluding hydrogens is 1200 g/mol. The number of epoxide rings is 1. The molecule has 0 aliphatic carbocycles. The second-order valence-corrected chi connectivity index (χ2v) is 23.1. The van der Waals surface area contributed by atoms with Gasteiger partial charge in [-0.2, -0.15) is 26.3 Å². The van der Waals surface area contributed by atoms with E-state index in [-0.39, 0.29) is 79.0 Å². The van der Waals surface area contributed by atoms with Gasteiger partial charge in [-0.1, -0.05) is 55.1 Å². The number of fused-ring (bicyclic) bond motifs is 4. The van der Waals surface area contributed by atoms with Gasteiger partial charge in [0.1, 0.15) is 28.1 Å². The molecule has 0 bridgehead atoms. The number of alkyl halides is 6. The first-order valence-corrected chi connectivity index (χ1v) is 28.4. The van der Waals surface area contributed by atoms with E-state index in [4.69, 9.17) is 14.2 Å². The Labute approximate surface area is 518 Å². The van der Waals surface area contributed by atoms with Crippen LogP contribution in [0.15, 0.2) is 176 Å². The average molecular weight is 1250 g/mol. The summed E-state index contributed by atoms with van der Waals surface area (Å²) in [5.74, 6) is -7.44. The molecule has 460 valence electrons. The van der Waals surface area contributed by atoms with Gasteiger partial charge in [-0.15, -0.1) is 0 Å². The van der Waals surface area contributed by atoms with Crippen molar-refractivity contribution in [1.82, 2.24) is 4.90 Å². The second-order valence-electron chi connectivity index (χ2n) is 23.1. The molecule has 3 atom stereocenters. The first-order chi connectivity index (χ1) is 43.6. The van der Waals surface area contributed by atoms with Gasteiger partial charge < -0.3 is 14.2 Å². The summed E-state index contributed by atoms with van der Waals surface area (Å²) in [5, 5.41) is 0. The highest BCUT2D eigenvalue weighted by molar-refractivity contribution is 6.37. The average Bonchev–Trinajstić information content (AvgIpc) is 1.44. The van der Waals surface area contributed by atoms with E-state index < -0.39 is 110 Å². The zero-order valence-electron chi connectivity index (χ0n) is 48.7. The molecule has 0 N–H and O–H groups in total. The van der Waals surface area contributed by atoms with Gasteiger partial charge in [0.25, 0.3) is 47.3 Å². The Hall–Kier alpha value is -11.1. The second kappa shape index (κ2) is 21.3. The molecule has 0 aromatic heterocycles. The van der Waals surface area contributed by atoms with E-state index in [1.54, 1.807) is 12.1 Å². The topological polar surface area (TPSA) is 198 Å². The van der Waals surface area contributed by atoms with E-state index in [1.165, 1.54) is 74.6 Å². The molecule has 92 heavy (non-hydrogen) atoms. The van der Waals surface area contributed by atoms with E-state index >= 15 is 26.3 Å². The number of amides is 8. The number of halogens is 6. The maximum atomic E-state index is 15.9. The van der Waals surface area contributed by atoms with Crippen molar-refractivity contribution in [2.24, 2.45) is 0 Å². The maximum absolute atomic E-state index is 15.9. The fraction of sp³-hybridized carbons (Fsp3) is 0.157. The van der Waals surface area contributed by atoms with Crippen LogP contribution in [0.2, 0.25) is 0 Å². The Kier molecular flexibility index (Phi) is 13.8. The number of hydrogen-bond acceptors (Lipinski definition) is 12. The molecule has 0 radical (unpaired) electrons. The van der Waals surface area contributed by atoms with Gasteiger partial charge in [0, 0.05) is 19.0 Å². The summed E-state index contributed by atoms with van der Waals surface area (Å²) in [4.78, 5) is 128. The molecule has 5 aliphatic rings. The van der Waals surface area contributed by atoms with Gasteiger partial charge in [0.2, 0.25) is 0 Å².